The van der Waals surface area contributed by atoms with Crippen LogP contribution in [0.5, 0.6) is 0 Å². The average molecular weight is 830 g/mol. The van der Waals surface area contributed by atoms with Crippen molar-refractivity contribution in [3.8, 4) is 33.4 Å². The second-order valence-corrected chi connectivity index (χ2v) is 22.5. The largest absolute Gasteiger partial charge is 0.310 e. The minimum atomic E-state index is 0.108. The Labute approximate surface area is 380 Å². The van der Waals surface area contributed by atoms with Gasteiger partial charge < -0.3 is 4.90 Å². The standard InChI is InChI=1S/C63H59N/c1-38-44-17-21-48-32-41(29-44)34-60(38)63(48)58-13-7-5-11-54(58)56-36-51(25-27-59(56)63)64(50-22-18-43(19-23-50)46-16-15-42-8-2-3-9-45(42)35-46)52-24-26-55-53-10-4-6-12-57(53)62(61(55)37-52)47-20-14-39-28-40(31-47)33-49(62)30-39/h2-13,15-16,18-19,22-27,35-41,44,47-49,60H,14,17,20-21,28-34H2,1H3/t38-,39?,40?,41?,44?,47?,48?,49?,60?,62?,63?/m0/s1. The molecule has 64 heavy (non-hydrogen) atoms. The fourth-order valence-electron chi connectivity index (χ4n) is 17.8. The van der Waals surface area contributed by atoms with Gasteiger partial charge in [-0.1, -0.05) is 123 Å². The number of hydrogen-bond donors (Lipinski definition) is 0. The van der Waals surface area contributed by atoms with Crippen LogP contribution in [-0.2, 0) is 10.8 Å². The maximum Gasteiger partial charge on any atom is 0.0468 e. The molecule has 7 aromatic carbocycles. The summed E-state index contributed by atoms with van der Waals surface area (Å²) in [5.41, 5.74) is 19.1. The topological polar surface area (TPSA) is 3.24 Å². The molecule has 0 amide bonds. The molecular formula is C63H59N. The minimum absolute atomic E-state index is 0.108. The molecule has 8 saturated carbocycles. The fraction of sp³-hybridized carbons (Fsp3) is 0.365. The number of nitrogens with zero attached hydrogens (tertiary/aromatic N) is 1. The van der Waals surface area contributed by atoms with Gasteiger partial charge in [0.05, 0.1) is 0 Å². The molecule has 11 atom stereocenters. The molecule has 0 heterocycles. The third-order valence-electron chi connectivity index (χ3n) is 20.0. The van der Waals surface area contributed by atoms with Crippen LogP contribution in [0.4, 0.5) is 17.1 Å². The third kappa shape index (κ3) is 4.82. The van der Waals surface area contributed by atoms with Crippen LogP contribution >= 0.6 is 0 Å². The SMILES string of the molecule is C[C@H]1C2CCC3CC(C2)CC1C31c2ccccc2-c2cc(N(c3ccc(-c4ccc5ccccc5c4)cc3)c3ccc4c(c3)C3(c5ccccc5-4)C4CCC5CC(C4)CC3C5)ccc21. The summed E-state index contributed by atoms with van der Waals surface area (Å²) in [5.74, 6) is 7.31. The van der Waals surface area contributed by atoms with Gasteiger partial charge >= 0.3 is 0 Å². The van der Waals surface area contributed by atoms with Crippen LogP contribution in [0.1, 0.15) is 99.8 Å². The Bertz CT molecular complexity index is 3040. The van der Waals surface area contributed by atoms with Crippen LogP contribution in [0.25, 0.3) is 44.2 Å². The first-order valence-corrected chi connectivity index (χ1v) is 25.4. The average Bonchev–Trinajstić information content (AvgIpc) is 3.55. The summed E-state index contributed by atoms with van der Waals surface area (Å²) >= 11 is 0. The van der Waals surface area contributed by atoms with Gasteiger partial charge in [-0.25, -0.2) is 0 Å². The Kier molecular flexibility index (Phi) is 7.69. The van der Waals surface area contributed by atoms with E-state index in [0.717, 1.165) is 53.3 Å². The number of rotatable bonds is 4. The van der Waals surface area contributed by atoms with E-state index >= 15 is 0 Å². The van der Waals surface area contributed by atoms with Gasteiger partial charge in [0, 0.05) is 27.9 Å². The molecule has 10 aliphatic rings. The number of benzene rings is 7. The quantitative estimate of drug-likeness (QED) is 0.171. The lowest BCUT2D eigenvalue weighted by Gasteiger charge is -2.55. The molecule has 316 valence electrons. The second-order valence-electron chi connectivity index (χ2n) is 22.5. The first kappa shape index (κ1) is 36.9. The molecule has 17 rings (SSSR count). The third-order valence-corrected chi connectivity index (χ3v) is 20.0. The van der Waals surface area contributed by atoms with Crippen molar-refractivity contribution < 1.29 is 0 Å². The van der Waals surface area contributed by atoms with E-state index < -0.39 is 0 Å². The molecule has 1 nitrogen and oxygen atoms in total. The lowest BCUT2D eigenvalue weighted by atomic mass is 9.48. The normalized spacial score (nSPS) is 33.0. The van der Waals surface area contributed by atoms with E-state index in [1.54, 1.807) is 22.3 Å². The summed E-state index contributed by atoms with van der Waals surface area (Å²) in [6.07, 6.45) is 15.6. The molecule has 10 unspecified atom stereocenters. The van der Waals surface area contributed by atoms with Gasteiger partial charge in [0.1, 0.15) is 0 Å². The summed E-state index contributed by atoms with van der Waals surface area (Å²) in [6.45, 7) is 2.64. The van der Waals surface area contributed by atoms with Crippen molar-refractivity contribution in [3.05, 3.63) is 174 Å². The molecule has 8 bridgehead atoms. The summed E-state index contributed by atoms with van der Waals surface area (Å²) in [6, 6.07) is 60.1. The monoisotopic (exact) mass is 829 g/mol. The predicted octanol–water partition coefficient (Wildman–Crippen LogP) is 16.4. The summed E-state index contributed by atoms with van der Waals surface area (Å²) < 4.78 is 0. The van der Waals surface area contributed by atoms with Gasteiger partial charge in [0.2, 0.25) is 0 Å². The maximum absolute atomic E-state index is 2.71. The van der Waals surface area contributed by atoms with E-state index in [9.17, 15) is 0 Å². The molecule has 7 aromatic rings. The molecule has 0 saturated heterocycles. The molecule has 10 aliphatic carbocycles. The van der Waals surface area contributed by atoms with Crippen molar-refractivity contribution >= 4 is 27.8 Å². The molecule has 0 radical (unpaired) electrons. The smallest absolute Gasteiger partial charge is 0.0468 e. The van der Waals surface area contributed by atoms with Crippen LogP contribution in [0, 0.1) is 53.3 Å². The highest BCUT2D eigenvalue weighted by atomic mass is 15.1. The van der Waals surface area contributed by atoms with E-state index in [1.807, 2.05) is 0 Å². The Morgan fingerprint density at radius 3 is 1.86 bits per heavy atom. The molecule has 8 fully saturated rings. The molecule has 0 aromatic heterocycles. The first-order chi connectivity index (χ1) is 31.6. The predicted molar refractivity (Wildman–Crippen MR) is 264 cm³/mol. The fourth-order valence-corrected chi connectivity index (χ4v) is 17.8. The zero-order chi connectivity index (χ0) is 41.9. The Morgan fingerprint density at radius 1 is 0.391 bits per heavy atom. The van der Waals surface area contributed by atoms with Gasteiger partial charge in [0.15, 0.2) is 0 Å². The Balaban J connectivity index is 0.922. The Hall–Kier alpha value is -5.40. The van der Waals surface area contributed by atoms with Crippen LogP contribution in [0.15, 0.2) is 152 Å². The zero-order valence-electron chi connectivity index (χ0n) is 37.4. The summed E-state index contributed by atoms with van der Waals surface area (Å²) in [4.78, 5) is 2.64. The lowest BCUT2D eigenvalue weighted by molar-refractivity contribution is 0.0174. The van der Waals surface area contributed by atoms with Crippen molar-refractivity contribution in [2.24, 2.45) is 53.3 Å². The highest BCUT2D eigenvalue weighted by molar-refractivity contribution is 5.91. The molecule has 2 spiro atoms. The van der Waals surface area contributed by atoms with E-state index in [0.29, 0.717) is 0 Å². The van der Waals surface area contributed by atoms with Crippen molar-refractivity contribution in [3.63, 3.8) is 0 Å². The minimum Gasteiger partial charge on any atom is -0.310 e. The second kappa shape index (κ2) is 13.3. The van der Waals surface area contributed by atoms with E-state index in [4.69, 9.17) is 0 Å². The van der Waals surface area contributed by atoms with Gasteiger partial charge in [-0.05, 0) is 226 Å². The summed E-state index contributed by atoms with van der Waals surface area (Å²) in [7, 11) is 0. The van der Waals surface area contributed by atoms with E-state index in [2.05, 4.69) is 163 Å². The van der Waals surface area contributed by atoms with E-state index in [1.165, 1.54) is 132 Å². The highest BCUT2D eigenvalue weighted by Gasteiger charge is 2.62. The first-order valence-electron chi connectivity index (χ1n) is 25.4. The maximum atomic E-state index is 2.71. The van der Waals surface area contributed by atoms with Gasteiger partial charge in [-0.2, -0.15) is 0 Å². The Morgan fingerprint density at radius 2 is 1.00 bits per heavy atom. The lowest BCUT2D eigenvalue weighted by Crippen LogP contribution is -2.51. The van der Waals surface area contributed by atoms with Gasteiger partial charge in [-0.3, -0.25) is 0 Å². The number of fused-ring (bicyclic) bond motifs is 9. The number of anilines is 3. The van der Waals surface area contributed by atoms with Crippen LogP contribution < -0.4 is 4.90 Å². The zero-order valence-corrected chi connectivity index (χ0v) is 37.4. The van der Waals surface area contributed by atoms with Gasteiger partial charge in [-0.15, -0.1) is 0 Å². The molecular weight excluding hydrogens is 771 g/mol. The van der Waals surface area contributed by atoms with E-state index in [-0.39, 0.29) is 10.8 Å². The van der Waals surface area contributed by atoms with Crippen molar-refractivity contribution in [2.45, 2.75) is 88.4 Å². The van der Waals surface area contributed by atoms with Crippen molar-refractivity contribution in [1.82, 2.24) is 0 Å². The summed E-state index contributed by atoms with van der Waals surface area (Å²) in [5, 5.41) is 2.58. The molecule has 0 N–H and O–H groups in total. The molecule has 0 aliphatic heterocycles. The van der Waals surface area contributed by atoms with Crippen molar-refractivity contribution in [1.29, 1.82) is 0 Å². The van der Waals surface area contributed by atoms with Crippen LogP contribution in [0.3, 0.4) is 0 Å². The van der Waals surface area contributed by atoms with Gasteiger partial charge in [0.25, 0.3) is 0 Å². The number of hydrogen-bond acceptors (Lipinski definition) is 1. The van der Waals surface area contributed by atoms with Crippen LogP contribution in [0.2, 0.25) is 0 Å². The molecule has 1 heteroatoms. The highest BCUT2D eigenvalue weighted by Crippen LogP contribution is 2.70. The van der Waals surface area contributed by atoms with Crippen LogP contribution in [-0.4, -0.2) is 0 Å². The van der Waals surface area contributed by atoms with Crippen molar-refractivity contribution in [2.75, 3.05) is 4.90 Å².